The third-order valence-electron chi connectivity index (χ3n) is 3.22. The molecule has 19 heavy (non-hydrogen) atoms. The first-order valence-corrected chi connectivity index (χ1v) is 6.12. The second-order valence-corrected chi connectivity index (χ2v) is 5.02. The lowest BCUT2D eigenvalue weighted by molar-refractivity contribution is -0.141. The molecule has 0 aliphatic heterocycles. The summed E-state index contributed by atoms with van der Waals surface area (Å²) in [6.07, 6.45) is -2.98. The van der Waals surface area contributed by atoms with Crippen molar-refractivity contribution in [3.05, 3.63) is 28.5 Å². The number of halogens is 4. The van der Waals surface area contributed by atoms with E-state index in [1.807, 2.05) is 0 Å². The van der Waals surface area contributed by atoms with E-state index < -0.39 is 17.5 Å². The van der Waals surface area contributed by atoms with Gasteiger partial charge in [0.1, 0.15) is 16.4 Å². The summed E-state index contributed by atoms with van der Waals surface area (Å²) < 4.78 is 42.5. The van der Waals surface area contributed by atoms with Crippen LogP contribution in [-0.4, -0.2) is 23.8 Å². The molecule has 0 bridgehead atoms. The Bertz CT molecular complexity index is 477. The van der Waals surface area contributed by atoms with Crippen molar-refractivity contribution in [2.75, 3.05) is 13.7 Å². The van der Waals surface area contributed by atoms with Gasteiger partial charge in [-0.25, -0.2) is 4.98 Å². The zero-order valence-electron chi connectivity index (χ0n) is 10.2. The molecule has 1 atom stereocenters. The maximum absolute atomic E-state index is 12.5. The van der Waals surface area contributed by atoms with Crippen LogP contribution in [0.3, 0.4) is 0 Å². The lowest BCUT2D eigenvalue weighted by Crippen LogP contribution is -2.34. The van der Waals surface area contributed by atoms with Gasteiger partial charge in [-0.3, -0.25) is 0 Å². The highest BCUT2D eigenvalue weighted by molar-refractivity contribution is 6.30. The van der Waals surface area contributed by atoms with E-state index in [0.29, 0.717) is 0 Å². The number of rotatable bonds is 4. The normalized spacial score (nSPS) is 19.3. The van der Waals surface area contributed by atoms with E-state index in [2.05, 4.69) is 4.98 Å². The van der Waals surface area contributed by atoms with Crippen LogP contribution in [0.2, 0.25) is 5.15 Å². The number of ether oxygens (including phenoxy) is 1. The Hall–Kier alpha value is -0.850. The smallest absolute Gasteiger partial charge is 0.382 e. The third kappa shape index (κ3) is 2.85. The number of nitrogens with zero attached hydrogens (tertiary/aromatic N) is 1. The van der Waals surface area contributed by atoms with Crippen molar-refractivity contribution in [1.82, 2.24) is 4.98 Å². The average Bonchev–Trinajstić information content (AvgIpc) is 3.11. The van der Waals surface area contributed by atoms with Crippen molar-refractivity contribution in [2.45, 2.75) is 24.6 Å². The Kier molecular flexibility index (Phi) is 3.77. The molecule has 1 saturated carbocycles. The molecule has 0 saturated heterocycles. The van der Waals surface area contributed by atoms with Crippen molar-refractivity contribution in [3.8, 4) is 0 Å². The van der Waals surface area contributed by atoms with Crippen molar-refractivity contribution in [2.24, 2.45) is 5.92 Å². The quantitative estimate of drug-likeness (QED) is 0.868. The zero-order chi connectivity index (χ0) is 14.3. The number of methoxy groups -OCH3 is 1. The van der Waals surface area contributed by atoms with Gasteiger partial charge in [0.15, 0.2) is 0 Å². The first kappa shape index (κ1) is 14.6. The Morgan fingerprint density at radius 1 is 1.42 bits per heavy atom. The maximum atomic E-state index is 12.5. The number of pyridine rings is 1. The van der Waals surface area contributed by atoms with Gasteiger partial charge in [-0.15, -0.1) is 0 Å². The van der Waals surface area contributed by atoms with E-state index >= 15 is 0 Å². The molecule has 1 aliphatic carbocycles. The van der Waals surface area contributed by atoms with Crippen LogP contribution < -0.4 is 0 Å². The van der Waals surface area contributed by atoms with Crippen LogP contribution in [0, 0.1) is 5.92 Å². The second-order valence-electron chi connectivity index (χ2n) is 4.66. The molecule has 1 fully saturated rings. The van der Waals surface area contributed by atoms with E-state index in [1.165, 1.54) is 13.2 Å². The molecular formula is C12H13ClF3NO2. The molecule has 1 heterocycles. The van der Waals surface area contributed by atoms with Crippen LogP contribution in [0.5, 0.6) is 0 Å². The summed E-state index contributed by atoms with van der Waals surface area (Å²) >= 11 is 5.80. The van der Waals surface area contributed by atoms with Gasteiger partial charge in [-0.2, -0.15) is 13.2 Å². The minimum absolute atomic E-state index is 0.0234. The summed E-state index contributed by atoms with van der Waals surface area (Å²) in [5, 5.41) is 10.2. The Balaban J connectivity index is 2.39. The topological polar surface area (TPSA) is 42.4 Å². The lowest BCUT2D eigenvalue weighted by atomic mass is 9.90. The minimum atomic E-state index is -4.55. The van der Waals surface area contributed by atoms with Crippen molar-refractivity contribution >= 4 is 11.6 Å². The molecule has 2 rings (SSSR count). The maximum Gasteiger partial charge on any atom is 0.433 e. The Morgan fingerprint density at radius 3 is 2.47 bits per heavy atom. The molecule has 0 amide bonds. The summed E-state index contributed by atoms with van der Waals surface area (Å²) in [6.45, 7) is -0.0234. The summed E-state index contributed by atoms with van der Waals surface area (Å²) in [7, 11) is 1.42. The van der Waals surface area contributed by atoms with Crippen LogP contribution in [0.15, 0.2) is 12.1 Å². The van der Waals surface area contributed by atoms with Gasteiger partial charge in [0.05, 0.1) is 6.61 Å². The van der Waals surface area contributed by atoms with Crippen LogP contribution in [0.1, 0.15) is 24.1 Å². The van der Waals surface area contributed by atoms with Crippen molar-refractivity contribution < 1.29 is 23.0 Å². The predicted octanol–water partition coefficient (Wildman–Crippen LogP) is 3.00. The highest BCUT2D eigenvalue weighted by Crippen LogP contribution is 2.47. The first-order valence-electron chi connectivity index (χ1n) is 5.74. The molecule has 3 nitrogen and oxygen atoms in total. The summed E-state index contributed by atoms with van der Waals surface area (Å²) in [5.41, 5.74) is -2.26. The molecule has 1 N–H and O–H groups in total. The van der Waals surface area contributed by atoms with Gasteiger partial charge < -0.3 is 9.84 Å². The van der Waals surface area contributed by atoms with Gasteiger partial charge in [-0.05, 0) is 24.8 Å². The minimum Gasteiger partial charge on any atom is -0.382 e. The van der Waals surface area contributed by atoms with Gasteiger partial charge in [0.25, 0.3) is 0 Å². The van der Waals surface area contributed by atoms with E-state index in [-0.39, 0.29) is 23.2 Å². The van der Waals surface area contributed by atoms with E-state index in [0.717, 1.165) is 18.9 Å². The van der Waals surface area contributed by atoms with Gasteiger partial charge in [0, 0.05) is 12.7 Å². The third-order valence-corrected chi connectivity index (χ3v) is 3.51. The van der Waals surface area contributed by atoms with E-state index in [9.17, 15) is 18.3 Å². The fraction of sp³-hybridized carbons (Fsp3) is 0.583. The molecule has 7 heteroatoms. The molecule has 0 aromatic carbocycles. The highest BCUT2D eigenvalue weighted by Gasteiger charge is 2.47. The Labute approximate surface area is 113 Å². The predicted molar refractivity (Wildman–Crippen MR) is 62.7 cm³/mol. The first-order chi connectivity index (χ1) is 8.79. The van der Waals surface area contributed by atoms with Crippen molar-refractivity contribution in [1.29, 1.82) is 0 Å². The highest BCUT2D eigenvalue weighted by atomic mass is 35.5. The van der Waals surface area contributed by atoms with Gasteiger partial charge >= 0.3 is 6.18 Å². The summed E-state index contributed by atoms with van der Waals surface area (Å²) in [5.74, 6) is -0.0523. The van der Waals surface area contributed by atoms with Crippen LogP contribution >= 0.6 is 11.6 Å². The molecule has 0 radical (unpaired) electrons. The standard InChI is InChI=1S/C12H13ClF3NO2/c1-19-6-11(18,7-2-3-7)8-4-5-9(12(14,15)16)17-10(8)13/h4-5,7,18H,2-3,6H2,1H3. The molecule has 1 aromatic heterocycles. The van der Waals surface area contributed by atoms with Crippen LogP contribution in [0.25, 0.3) is 0 Å². The Morgan fingerprint density at radius 2 is 2.05 bits per heavy atom. The summed E-state index contributed by atoms with van der Waals surface area (Å²) in [4.78, 5) is 3.33. The number of hydrogen-bond donors (Lipinski definition) is 1. The molecule has 106 valence electrons. The number of aromatic nitrogens is 1. The molecular weight excluding hydrogens is 283 g/mol. The zero-order valence-corrected chi connectivity index (χ0v) is 10.9. The van der Waals surface area contributed by atoms with Gasteiger partial charge in [0.2, 0.25) is 0 Å². The second kappa shape index (κ2) is 4.92. The monoisotopic (exact) mass is 295 g/mol. The molecule has 1 aliphatic rings. The number of alkyl halides is 3. The van der Waals surface area contributed by atoms with E-state index in [1.54, 1.807) is 0 Å². The fourth-order valence-electron chi connectivity index (χ4n) is 2.11. The van der Waals surface area contributed by atoms with Crippen molar-refractivity contribution in [3.63, 3.8) is 0 Å². The summed E-state index contributed by atoms with van der Waals surface area (Å²) in [6, 6.07) is 2.00. The molecule has 1 unspecified atom stereocenters. The SMILES string of the molecule is COCC(O)(c1ccc(C(F)(F)F)nc1Cl)C1CC1. The lowest BCUT2D eigenvalue weighted by Gasteiger charge is -2.28. The number of hydrogen-bond acceptors (Lipinski definition) is 3. The largest absolute Gasteiger partial charge is 0.433 e. The number of aliphatic hydroxyl groups is 1. The molecule has 1 aromatic rings. The van der Waals surface area contributed by atoms with E-state index in [4.69, 9.17) is 16.3 Å². The molecule has 0 spiro atoms. The van der Waals surface area contributed by atoms with Gasteiger partial charge in [-0.1, -0.05) is 17.7 Å². The van der Waals surface area contributed by atoms with Crippen LogP contribution in [0.4, 0.5) is 13.2 Å². The fourth-order valence-corrected chi connectivity index (χ4v) is 2.43. The average molecular weight is 296 g/mol. The van der Waals surface area contributed by atoms with Crippen LogP contribution in [-0.2, 0) is 16.5 Å².